The molecule has 1 aliphatic rings. The molecule has 0 bridgehead atoms. The Kier molecular flexibility index (Phi) is 7.17. The highest BCUT2D eigenvalue weighted by Gasteiger charge is 2.23. The van der Waals surface area contributed by atoms with Gasteiger partial charge in [-0.25, -0.2) is 9.29 Å². The van der Waals surface area contributed by atoms with Crippen LogP contribution >= 0.6 is 34.9 Å². The second-order valence-corrected chi connectivity index (χ2v) is 8.81. The highest BCUT2D eigenvalue weighted by molar-refractivity contribution is 7.96. The Morgan fingerprint density at radius 2 is 2.06 bits per heavy atom. The Bertz CT molecular complexity index is 1030. The minimum Gasteiger partial charge on any atom is -0.462 e. The van der Waals surface area contributed by atoms with Gasteiger partial charge in [-0.3, -0.25) is 15.1 Å². The summed E-state index contributed by atoms with van der Waals surface area (Å²) in [5.74, 6) is 0.396. The largest absolute Gasteiger partial charge is 0.462 e. The van der Waals surface area contributed by atoms with Crippen molar-refractivity contribution < 1.29 is 9.53 Å². The van der Waals surface area contributed by atoms with Gasteiger partial charge < -0.3 is 9.64 Å². The second-order valence-electron chi connectivity index (χ2n) is 6.56. The molecule has 4 heterocycles. The van der Waals surface area contributed by atoms with Gasteiger partial charge in [0.05, 0.1) is 16.3 Å². The minimum atomic E-state index is -0.280. The van der Waals surface area contributed by atoms with E-state index in [1.807, 2.05) is 0 Å². The molecule has 1 saturated heterocycles. The number of nitrogens with zero attached hydrogens (tertiary/aromatic N) is 6. The Morgan fingerprint density at radius 3 is 2.81 bits per heavy atom. The van der Waals surface area contributed by atoms with E-state index in [-0.39, 0.29) is 12.5 Å². The van der Waals surface area contributed by atoms with Gasteiger partial charge in [0.25, 0.3) is 11.1 Å². The van der Waals surface area contributed by atoms with Crippen molar-refractivity contribution in [1.82, 2.24) is 24.5 Å². The quantitative estimate of drug-likeness (QED) is 0.514. The van der Waals surface area contributed by atoms with Crippen molar-refractivity contribution in [2.45, 2.75) is 6.61 Å². The summed E-state index contributed by atoms with van der Waals surface area (Å²) in [5, 5.41) is 12.0. The summed E-state index contributed by atoms with van der Waals surface area (Å²) in [7, 11) is 0. The molecule has 3 aromatic heterocycles. The molecule has 1 amide bonds. The number of hydrogen-bond acceptors (Lipinski definition) is 10. The molecule has 4 rings (SSSR count). The van der Waals surface area contributed by atoms with Gasteiger partial charge >= 0.3 is 0 Å². The summed E-state index contributed by atoms with van der Waals surface area (Å²) >= 11 is 8.71. The van der Waals surface area contributed by atoms with Gasteiger partial charge in [0.1, 0.15) is 12.4 Å². The van der Waals surface area contributed by atoms with Gasteiger partial charge in [0, 0.05) is 38.6 Å². The number of nitrogens with one attached hydrogen (secondary N) is 1. The third-order valence-electron chi connectivity index (χ3n) is 4.59. The molecule has 0 aromatic carbocycles. The van der Waals surface area contributed by atoms with Crippen LogP contribution in [0.1, 0.15) is 16.1 Å². The van der Waals surface area contributed by atoms with Crippen LogP contribution in [0.3, 0.4) is 0 Å². The summed E-state index contributed by atoms with van der Waals surface area (Å²) in [6.45, 7) is 3.69. The number of ether oxygens (including phenoxy) is 1. The van der Waals surface area contributed by atoms with Crippen molar-refractivity contribution in [1.29, 1.82) is 0 Å². The standard InChI is InChI=1S/C19H20ClN7O2S2/c1-30-27-9-7-26(8-10-27)16-15(3-2-6-21-16)17(28)23-18-24-25-19(31-18)29-12-14-5-4-13(20)11-22-14/h2-6,11H,7-10,12H2,1H3,(H,23,24,28). The summed E-state index contributed by atoms with van der Waals surface area (Å²) < 4.78 is 7.89. The lowest BCUT2D eigenvalue weighted by molar-refractivity contribution is 0.102. The highest BCUT2D eigenvalue weighted by atomic mass is 35.5. The second kappa shape index (κ2) is 10.2. The van der Waals surface area contributed by atoms with Crippen LogP contribution in [-0.2, 0) is 6.61 Å². The fourth-order valence-corrected chi connectivity index (χ4v) is 4.25. The van der Waals surface area contributed by atoms with Crippen LogP contribution in [0.25, 0.3) is 0 Å². The van der Waals surface area contributed by atoms with Crippen LogP contribution < -0.4 is 15.0 Å². The van der Waals surface area contributed by atoms with E-state index in [9.17, 15) is 4.79 Å². The van der Waals surface area contributed by atoms with Crippen molar-refractivity contribution in [3.63, 3.8) is 0 Å². The van der Waals surface area contributed by atoms with Gasteiger partial charge in [0.15, 0.2) is 0 Å². The van der Waals surface area contributed by atoms with Crippen molar-refractivity contribution >= 4 is 51.7 Å². The molecule has 0 radical (unpaired) electrons. The number of aromatic nitrogens is 4. The molecular formula is C19H20ClN7O2S2. The zero-order valence-electron chi connectivity index (χ0n) is 16.7. The predicted octanol–water partition coefficient (Wildman–Crippen LogP) is 3.21. The molecule has 12 heteroatoms. The predicted molar refractivity (Wildman–Crippen MR) is 123 cm³/mol. The zero-order chi connectivity index (χ0) is 21.6. The van der Waals surface area contributed by atoms with Crippen LogP contribution in [0.15, 0.2) is 36.7 Å². The van der Waals surface area contributed by atoms with E-state index in [4.69, 9.17) is 16.3 Å². The number of amides is 1. The first-order valence-corrected chi connectivity index (χ1v) is 11.9. The monoisotopic (exact) mass is 477 g/mol. The van der Waals surface area contributed by atoms with Crippen LogP contribution in [0.4, 0.5) is 10.9 Å². The number of piperazine rings is 1. The molecule has 0 saturated carbocycles. The third kappa shape index (κ3) is 5.62. The zero-order valence-corrected chi connectivity index (χ0v) is 19.1. The van der Waals surface area contributed by atoms with E-state index < -0.39 is 0 Å². The van der Waals surface area contributed by atoms with Gasteiger partial charge in [-0.05, 0) is 41.9 Å². The Balaban J connectivity index is 1.38. The van der Waals surface area contributed by atoms with E-state index >= 15 is 0 Å². The van der Waals surface area contributed by atoms with Crippen molar-refractivity contribution in [3.8, 4) is 5.19 Å². The van der Waals surface area contributed by atoms with Crippen LogP contribution in [-0.4, -0.2) is 62.8 Å². The van der Waals surface area contributed by atoms with Crippen molar-refractivity contribution in [3.05, 3.63) is 52.9 Å². The van der Waals surface area contributed by atoms with E-state index in [0.29, 0.717) is 32.4 Å². The molecule has 162 valence electrons. The normalized spacial score (nSPS) is 14.5. The molecule has 0 aliphatic carbocycles. The number of pyridine rings is 2. The third-order valence-corrected chi connectivity index (χ3v) is 6.44. The van der Waals surface area contributed by atoms with Gasteiger partial charge in [0.2, 0.25) is 5.13 Å². The molecule has 0 atom stereocenters. The minimum absolute atomic E-state index is 0.231. The number of halogens is 1. The molecule has 1 N–H and O–H groups in total. The number of carbonyl (C=O) groups is 1. The van der Waals surface area contributed by atoms with Crippen molar-refractivity contribution in [2.24, 2.45) is 0 Å². The SMILES string of the molecule is CSN1CCN(c2ncccc2C(=O)Nc2nnc(OCc3ccc(Cl)cn3)s2)CC1. The summed E-state index contributed by atoms with van der Waals surface area (Å²) in [5.41, 5.74) is 1.22. The Morgan fingerprint density at radius 1 is 1.23 bits per heavy atom. The van der Waals surface area contributed by atoms with Gasteiger partial charge in [-0.1, -0.05) is 28.6 Å². The first-order chi connectivity index (χ1) is 15.1. The van der Waals surface area contributed by atoms with Crippen molar-refractivity contribution in [2.75, 3.05) is 42.7 Å². The van der Waals surface area contributed by atoms with Gasteiger partial charge in [-0.2, -0.15) is 0 Å². The maximum absolute atomic E-state index is 12.9. The first-order valence-electron chi connectivity index (χ1n) is 9.49. The summed E-state index contributed by atoms with van der Waals surface area (Å²) in [6, 6.07) is 7.04. The van der Waals surface area contributed by atoms with E-state index in [1.54, 1.807) is 48.6 Å². The van der Waals surface area contributed by atoms with Gasteiger partial charge in [-0.15, -0.1) is 5.10 Å². The first kappa shape index (κ1) is 21.8. The topological polar surface area (TPSA) is 96.4 Å². The number of hydrogen-bond donors (Lipinski definition) is 1. The van der Waals surface area contributed by atoms with E-state index in [1.165, 1.54) is 0 Å². The lowest BCUT2D eigenvalue weighted by Crippen LogP contribution is -2.44. The van der Waals surface area contributed by atoms with E-state index in [2.05, 4.69) is 40.9 Å². The highest BCUT2D eigenvalue weighted by Crippen LogP contribution is 2.26. The molecule has 31 heavy (non-hydrogen) atoms. The smallest absolute Gasteiger partial charge is 0.296 e. The molecule has 3 aromatic rings. The molecule has 9 nitrogen and oxygen atoms in total. The molecule has 1 aliphatic heterocycles. The van der Waals surface area contributed by atoms with Crippen LogP contribution in [0.2, 0.25) is 5.02 Å². The summed E-state index contributed by atoms with van der Waals surface area (Å²) in [4.78, 5) is 23.7. The lowest BCUT2D eigenvalue weighted by atomic mass is 10.2. The maximum Gasteiger partial charge on any atom is 0.296 e. The number of rotatable bonds is 7. The average molecular weight is 478 g/mol. The molecule has 0 spiro atoms. The number of anilines is 2. The Hall–Kier alpha value is -2.47. The lowest BCUT2D eigenvalue weighted by Gasteiger charge is -2.34. The summed E-state index contributed by atoms with van der Waals surface area (Å²) in [6.07, 6.45) is 5.33. The van der Waals surface area contributed by atoms with Crippen LogP contribution in [0.5, 0.6) is 5.19 Å². The molecular weight excluding hydrogens is 458 g/mol. The number of carbonyl (C=O) groups excluding carboxylic acids is 1. The molecule has 0 unspecified atom stereocenters. The average Bonchev–Trinajstić information content (AvgIpc) is 3.26. The van der Waals surface area contributed by atoms with Crippen LogP contribution in [0, 0.1) is 0 Å². The fourth-order valence-electron chi connectivity index (χ4n) is 3.02. The fraction of sp³-hybridized carbons (Fsp3) is 0.316. The van der Waals surface area contributed by atoms with E-state index in [0.717, 1.165) is 37.5 Å². The Labute approximate surface area is 192 Å². The molecule has 1 fully saturated rings. The maximum atomic E-state index is 12.9.